The lowest BCUT2D eigenvalue weighted by Crippen LogP contribution is -2.41. The Kier molecular flexibility index (Phi) is 7.62. The van der Waals surface area contributed by atoms with E-state index in [-0.39, 0.29) is 24.9 Å². The number of likely N-dealkylation sites (N-methyl/N-ethyl adjacent to an activating group) is 2. The van der Waals surface area contributed by atoms with Crippen molar-refractivity contribution in [2.24, 2.45) is 0 Å². The van der Waals surface area contributed by atoms with Crippen molar-refractivity contribution < 1.29 is 14.3 Å². The van der Waals surface area contributed by atoms with Gasteiger partial charge >= 0.3 is 0 Å². The normalized spacial score (nSPS) is 10.6. The van der Waals surface area contributed by atoms with Crippen LogP contribution in [-0.4, -0.2) is 55.4 Å². The van der Waals surface area contributed by atoms with Gasteiger partial charge in [-0.05, 0) is 53.2 Å². The SMILES string of the molecule is CCN(CC(=O)Nc1ccc(OC)cc1)CC(=O)N(C)Cc1ccsc1. The molecule has 0 atom stereocenters. The van der Waals surface area contributed by atoms with E-state index < -0.39 is 0 Å². The quantitative estimate of drug-likeness (QED) is 0.732. The first-order chi connectivity index (χ1) is 12.5. The van der Waals surface area contributed by atoms with Crippen LogP contribution in [0.1, 0.15) is 12.5 Å². The van der Waals surface area contributed by atoms with Gasteiger partial charge < -0.3 is 15.0 Å². The zero-order chi connectivity index (χ0) is 18.9. The lowest BCUT2D eigenvalue weighted by molar-refractivity contribution is -0.132. The van der Waals surface area contributed by atoms with Gasteiger partial charge in [0.2, 0.25) is 11.8 Å². The average Bonchev–Trinajstić information content (AvgIpc) is 3.14. The highest BCUT2D eigenvalue weighted by Crippen LogP contribution is 2.15. The number of hydrogen-bond acceptors (Lipinski definition) is 5. The molecule has 1 N–H and O–H groups in total. The molecule has 1 aromatic heterocycles. The molecule has 0 aliphatic rings. The van der Waals surface area contributed by atoms with Gasteiger partial charge in [0.15, 0.2) is 0 Å². The second kappa shape index (κ2) is 9.94. The highest BCUT2D eigenvalue weighted by Gasteiger charge is 2.16. The molecule has 2 rings (SSSR count). The van der Waals surface area contributed by atoms with Crippen molar-refractivity contribution in [2.75, 3.05) is 39.1 Å². The molecule has 2 amide bonds. The van der Waals surface area contributed by atoms with Crippen molar-refractivity contribution in [1.82, 2.24) is 9.80 Å². The van der Waals surface area contributed by atoms with E-state index in [1.54, 1.807) is 54.7 Å². The number of nitrogens with one attached hydrogen (secondary N) is 1. The summed E-state index contributed by atoms with van der Waals surface area (Å²) in [6.45, 7) is 3.52. The Morgan fingerprint density at radius 1 is 1.15 bits per heavy atom. The first-order valence-corrected chi connectivity index (χ1v) is 9.37. The second-order valence-corrected chi connectivity index (χ2v) is 6.74. The van der Waals surface area contributed by atoms with Crippen molar-refractivity contribution in [2.45, 2.75) is 13.5 Å². The number of ether oxygens (including phenoxy) is 1. The van der Waals surface area contributed by atoms with Crippen molar-refractivity contribution in [3.63, 3.8) is 0 Å². The van der Waals surface area contributed by atoms with Gasteiger partial charge in [0, 0.05) is 19.3 Å². The monoisotopic (exact) mass is 375 g/mol. The first-order valence-electron chi connectivity index (χ1n) is 8.43. The lowest BCUT2D eigenvalue weighted by Gasteiger charge is -2.23. The van der Waals surface area contributed by atoms with Crippen LogP contribution in [0.4, 0.5) is 5.69 Å². The molecule has 1 aromatic carbocycles. The van der Waals surface area contributed by atoms with Crippen LogP contribution in [0.3, 0.4) is 0 Å². The van der Waals surface area contributed by atoms with Gasteiger partial charge in [0.1, 0.15) is 5.75 Å². The maximum atomic E-state index is 12.4. The van der Waals surface area contributed by atoms with Crippen molar-refractivity contribution in [3.8, 4) is 5.75 Å². The highest BCUT2D eigenvalue weighted by molar-refractivity contribution is 7.07. The molecular formula is C19H25N3O3S. The smallest absolute Gasteiger partial charge is 0.238 e. The van der Waals surface area contributed by atoms with Gasteiger partial charge in [0.05, 0.1) is 20.2 Å². The number of hydrogen-bond donors (Lipinski definition) is 1. The molecule has 26 heavy (non-hydrogen) atoms. The molecule has 0 bridgehead atoms. The van der Waals surface area contributed by atoms with E-state index in [9.17, 15) is 9.59 Å². The fourth-order valence-electron chi connectivity index (χ4n) is 2.41. The van der Waals surface area contributed by atoms with Crippen LogP contribution in [0, 0.1) is 0 Å². The molecule has 1 heterocycles. The van der Waals surface area contributed by atoms with Crippen LogP contribution in [0.2, 0.25) is 0 Å². The molecule has 7 heteroatoms. The summed E-state index contributed by atoms with van der Waals surface area (Å²) in [6.07, 6.45) is 0. The molecule has 0 unspecified atom stereocenters. The van der Waals surface area contributed by atoms with Crippen LogP contribution in [0.15, 0.2) is 41.1 Å². The molecular weight excluding hydrogens is 350 g/mol. The van der Waals surface area contributed by atoms with Crippen molar-refractivity contribution >= 4 is 28.8 Å². The summed E-state index contributed by atoms with van der Waals surface area (Å²) in [6, 6.07) is 9.15. The maximum absolute atomic E-state index is 12.4. The van der Waals surface area contributed by atoms with Gasteiger partial charge in [0.25, 0.3) is 0 Å². The van der Waals surface area contributed by atoms with Gasteiger partial charge in [-0.15, -0.1) is 0 Å². The predicted octanol–water partition coefficient (Wildman–Crippen LogP) is 2.68. The summed E-state index contributed by atoms with van der Waals surface area (Å²) in [5, 5.41) is 6.86. The van der Waals surface area contributed by atoms with E-state index in [0.29, 0.717) is 18.8 Å². The minimum atomic E-state index is -0.148. The number of nitrogens with zero attached hydrogens (tertiary/aromatic N) is 2. The molecule has 0 aliphatic carbocycles. The van der Waals surface area contributed by atoms with Crippen LogP contribution in [0.25, 0.3) is 0 Å². The number of carbonyl (C=O) groups excluding carboxylic acids is 2. The second-order valence-electron chi connectivity index (χ2n) is 5.96. The fraction of sp³-hybridized carbons (Fsp3) is 0.368. The number of methoxy groups -OCH3 is 1. The molecule has 0 saturated carbocycles. The van der Waals surface area contributed by atoms with Crippen LogP contribution < -0.4 is 10.1 Å². The van der Waals surface area contributed by atoms with E-state index in [1.165, 1.54) is 0 Å². The predicted molar refractivity (Wildman–Crippen MR) is 105 cm³/mol. The summed E-state index contributed by atoms with van der Waals surface area (Å²) < 4.78 is 5.10. The third-order valence-electron chi connectivity index (χ3n) is 3.97. The summed E-state index contributed by atoms with van der Waals surface area (Å²) >= 11 is 1.61. The molecule has 0 spiro atoms. The zero-order valence-corrected chi connectivity index (χ0v) is 16.2. The third kappa shape index (κ3) is 6.16. The molecule has 6 nitrogen and oxygen atoms in total. The highest BCUT2D eigenvalue weighted by atomic mass is 32.1. The lowest BCUT2D eigenvalue weighted by atomic mass is 10.3. The maximum Gasteiger partial charge on any atom is 0.238 e. The number of amides is 2. The van der Waals surface area contributed by atoms with E-state index in [1.807, 2.05) is 28.7 Å². The average molecular weight is 375 g/mol. The largest absolute Gasteiger partial charge is 0.497 e. The standard InChI is InChI=1S/C19H25N3O3S/c1-4-22(13-19(24)21(2)11-15-9-10-26-14-15)12-18(23)20-16-5-7-17(25-3)8-6-16/h5-10,14H,4,11-13H2,1-3H3,(H,20,23). The van der Waals surface area contributed by atoms with Gasteiger partial charge in [-0.3, -0.25) is 14.5 Å². The van der Waals surface area contributed by atoms with Gasteiger partial charge in [-0.2, -0.15) is 11.3 Å². The van der Waals surface area contributed by atoms with Gasteiger partial charge in [-0.25, -0.2) is 0 Å². The molecule has 2 aromatic rings. The third-order valence-corrected chi connectivity index (χ3v) is 4.70. The first kappa shape index (κ1) is 19.9. The minimum Gasteiger partial charge on any atom is -0.497 e. The zero-order valence-electron chi connectivity index (χ0n) is 15.4. The fourth-order valence-corrected chi connectivity index (χ4v) is 3.07. The van der Waals surface area contributed by atoms with Crippen molar-refractivity contribution in [3.05, 3.63) is 46.7 Å². The van der Waals surface area contributed by atoms with Crippen molar-refractivity contribution in [1.29, 1.82) is 0 Å². The topological polar surface area (TPSA) is 61.9 Å². The molecule has 0 radical (unpaired) electrons. The number of thiophene rings is 1. The summed E-state index contributed by atoms with van der Waals surface area (Å²) in [5.41, 5.74) is 1.82. The molecule has 0 saturated heterocycles. The summed E-state index contributed by atoms with van der Waals surface area (Å²) in [4.78, 5) is 28.1. The van der Waals surface area contributed by atoms with Crippen LogP contribution in [-0.2, 0) is 16.1 Å². The minimum absolute atomic E-state index is 0.00435. The Morgan fingerprint density at radius 2 is 1.88 bits per heavy atom. The van der Waals surface area contributed by atoms with Gasteiger partial charge in [-0.1, -0.05) is 6.92 Å². The van der Waals surface area contributed by atoms with E-state index >= 15 is 0 Å². The van der Waals surface area contributed by atoms with Crippen LogP contribution in [0.5, 0.6) is 5.75 Å². The van der Waals surface area contributed by atoms with E-state index in [4.69, 9.17) is 4.74 Å². The van der Waals surface area contributed by atoms with Crippen LogP contribution >= 0.6 is 11.3 Å². The Labute approximate surface area is 158 Å². The van der Waals surface area contributed by atoms with E-state index in [0.717, 1.165) is 11.3 Å². The Hall–Kier alpha value is -2.38. The number of carbonyl (C=O) groups is 2. The number of benzene rings is 1. The Morgan fingerprint density at radius 3 is 2.46 bits per heavy atom. The number of anilines is 1. The molecule has 0 fully saturated rings. The van der Waals surface area contributed by atoms with E-state index in [2.05, 4.69) is 5.32 Å². The summed E-state index contributed by atoms with van der Waals surface area (Å²) in [7, 11) is 3.38. The number of rotatable bonds is 9. The Balaban J connectivity index is 1.82. The molecule has 140 valence electrons. The summed E-state index contributed by atoms with van der Waals surface area (Å²) in [5.74, 6) is 0.582. The Bertz CT molecular complexity index is 701. The molecule has 0 aliphatic heterocycles.